The highest BCUT2D eigenvalue weighted by Crippen LogP contribution is 2.37. The molecule has 4 heteroatoms. The summed E-state index contributed by atoms with van der Waals surface area (Å²) in [6, 6.07) is 0. The summed E-state index contributed by atoms with van der Waals surface area (Å²) in [4.78, 5) is 9.42. The van der Waals surface area contributed by atoms with E-state index in [1.807, 2.05) is 14.0 Å². The number of hydrogen-bond donors (Lipinski definition) is 1. The molecule has 0 aromatic carbocycles. The number of rotatable bonds is 3. The quantitative estimate of drug-likeness (QED) is 0.920. The molecule has 4 nitrogen and oxygen atoms in total. The zero-order valence-electron chi connectivity index (χ0n) is 12.0. The van der Waals surface area contributed by atoms with Crippen molar-refractivity contribution in [1.29, 1.82) is 0 Å². The molecular weight excluding hydrogens is 236 g/mol. The molecule has 0 aliphatic heterocycles. The summed E-state index contributed by atoms with van der Waals surface area (Å²) in [5, 5.41) is 4.54. The molecule has 0 atom stereocenters. The third-order valence-corrected chi connectivity index (χ3v) is 4.14. The van der Waals surface area contributed by atoms with E-state index in [1.165, 1.54) is 42.3 Å². The summed E-state index contributed by atoms with van der Waals surface area (Å²) >= 11 is 0. The standard InChI is InChI=1S/C15H22N4/c1-10-17-14(11-6-4-5-7-11)13-12(8-16-2)9-19(3)15(13)18-10/h9,11,16H,4-8H2,1-3H3. The summed E-state index contributed by atoms with van der Waals surface area (Å²) in [7, 11) is 4.06. The molecule has 102 valence electrons. The lowest BCUT2D eigenvalue weighted by molar-refractivity contribution is 0.696. The van der Waals surface area contributed by atoms with Crippen molar-refractivity contribution in [3.05, 3.63) is 23.3 Å². The number of aryl methyl sites for hydroxylation is 2. The lowest BCUT2D eigenvalue weighted by Gasteiger charge is -2.12. The first-order valence-corrected chi connectivity index (χ1v) is 7.17. The van der Waals surface area contributed by atoms with Crippen LogP contribution in [0.2, 0.25) is 0 Å². The minimum absolute atomic E-state index is 0.627. The van der Waals surface area contributed by atoms with Crippen LogP contribution in [-0.2, 0) is 13.6 Å². The minimum atomic E-state index is 0.627. The lowest BCUT2D eigenvalue weighted by Crippen LogP contribution is -2.07. The molecule has 2 aromatic rings. The first-order chi connectivity index (χ1) is 9.20. The lowest BCUT2D eigenvalue weighted by atomic mass is 9.99. The molecule has 1 aliphatic rings. The third kappa shape index (κ3) is 2.14. The van der Waals surface area contributed by atoms with E-state index < -0.39 is 0 Å². The Morgan fingerprint density at radius 2 is 2.05 bits per heavy atom. The van der Waals surface area contributed by atoms with Gasteiger partial charge in [0.2, 0.25) is 0 Å². The van der Waals surface area contributed by atoms with Gasteiger partial charge in [0.1, 0.15) is 11.5 Å². The second-order valence-corrected chi connectivity index (χ2v) is 5.63. The number of hydrogen-bond acceptors (Lipinski definition) is 3. The second kappa shape index (κ2) is 4.93. The van der Waals surface area contributed by atoms with Gasteiger partial charge in [0.15, 0.2) is 0 Å². The van der Waals surface area contributed by atoms with Crippen LogP contribution in [0.5, 0.6) is 0 Å². The predicted octanol–water partition coefficient (Wildman–Crippen LogP) is 2.65. The summed E-state index contributed by atoms with van der Waals surface area (Å²) < 4.78 is 2.13. The van der Waals surface area contributed by atoms with E-state index in [2.05, 4.69) is 28.1 Å². The van der Waals surface area contributed by atoms with E-state index in [4.69, 9.17) is 4.98 Å². The number of fused-ring (bicyclic) bond motifs is 1. The van der Waals surface area contributed by atoms with Gasteiger partial charge in [0.05, 0.1) is 5.69 Å². The largest absolute Gasteiger partial charge is 0.335 e. The molecule has 0 radical (unpaired) electrons. The number of nitrogens with one attached hydrogen (secondary N) is 1. The van der Waals surface area contributed by atoms with Crippen molar-refractivity contribution in [3.63, 3.8) is 0 Å². The van der Waals surface area contributed by atoms with Gasteiger partial charge in [-0.2, -0.15) is 0 Å². The van der Waals surface area contributed by atoms with Gasteiger partial charge < -0.3 is 9.88 Å². The van der Waals surface area contributed by atoms with Crippen molar-refractivity contribution < 1.29 is 0 Å². The second-order valence-electron chi connectivity index (χ2n) is 5.63. The summed E-state index contributed by atoms with van der Waals surface area (Å²) in [6.07, 6.45) is 7.42. The molecule has 2 aromatic heterocycles. The fourth-order valence-corrected chi connectivity index (χ4v) is 3.32. The molecule has 0 amide bonds. The first kappa shape index (κ1) is 12.6. The molecule has 1 fully saturated rings. The molecule has 0 spiro atoms. The van der Waals surface area contributed by atoms with Gasteiger partial charge >= 0.3 is 0 Å². The molecule has 3 rings (SSSR count). The molecule has 2 heterocycles. The summed E-state index contributed by atoms with van der Waals surface area (Å²) in [5.74, 6) is 1.52. The Morgan fingerprint density at radius 3 is 2.74 bits per heavy atom. The predicted molar refractivity (Wildman–Crippen MR) is 77.2 cm³/mol. The average molecular weight is 258 g/mol. The average Bonchev–Trinajstić information content (AvgIpc) is 2.99. The van der Waals surface area contributed by atoms with E-state index >= 15 is 0 Å². The zero-order chi connectivity index (χ0) is 13.4. The molecule has 0 bridgehead atoms. The van der Waals surface area contributed by atoms with Gasteiger partial charge in [-0.3, -0.25) is 0 Å². The Balaban J connectivity index is 2.22. The Kier molecular flexibility index (Phi) is 3.27. The highest BCUT2D eigenvalue weighted by Gasteiger charge is 2.24. The van der Waals surface area contributed by atoms with Crippen molar-refractivity contribution in [2.75, 3.05) is 7.05 Å². The zero-order valence-corrected chi connectivity index (χ0v) is 12.0. The van der Waals surface area contributed by atoms with Gasteiger partial charge in [-0.25, -0.2) is 9.97 Å². The van der Waals surface area contributed by atoms with Crippen LogP contribution in [0.4, 0.5) is 0 Å². The first-order valence-electron chi connectivity index (χ1n) is 7.17. The van der Waals surface area contributed by atoms with Crippen LogP contribution in [0.3, 0.4) is 0 Å². The Bertz CT molecular complexity index is 594. The van der Waals surface area contributed by atoms with Gasteiger partial charge in [0.25, 0.3) is 0 Å². The van der Waals surface area contributed by atoms with E-state index in [0.29, 0.717) is 5.92 Å². The van der Waals surface area contributed by atoms with Gasteiger partial charge in [0, 0.05) is 31.1 Å². The topological polar surface area (TPSA) is 42.7 Å². The van der Waals surface area contributed by atoms with Crippen LogP contribution in [0.15, 0.2) is 6.20 Å². The van der Waals surface area contributed by atoms with Crippen LogP contribution >= 0.6 is 0 Å². The van der Waals surface area contributed by atoms with Crippen molar-refractivity contribution in [3.8, 4) is 0 Å². The summed E-state index contributed by atoms with van der Waals surface area (Å²) in [5.41, 5.74) is 3.69. The molecule has 0 unspecified atom stereocenters. The summed E-state index contributed by atoms with van der Waals surface area (Å²) in [6.45, 7) is 2.88. The van der Waals surface area contributed by atoms with Crippen LogP contribution < -0.4 is 5.32 Å². The SMILES string of the molecule is CNCc1cn(C)c2nc(C)nc(C3CCCC3)c12. The van der Waals surface area contributed by atoms with Crippen LogP contribution in [-0.4, -0.2) is 21.6 Å². The van der Waals surface area contributed by atoms with E-state index in [1.54, 1.807) is 0 Å². The minimum Gasteiger partial charge on any atom is -0.335 e. The van der Waals surface area contributed by atoms with Crippen LogP contribution in [0.25, 0.3) is 11.0 Å². The normalized spacial score (nSPS) is 16.6. The van der Waals surface area contributed by atoms with E-state index in [0.717, 1.165) is 18.0 Å². The van der Waals surface area contributed by atoms with Crippen molar-refractivity contribution in [2.24, 2.45) is 7.05 Å². The molecule has 19 heavy (non-hydrogen) atoms. The highest BCUT2D eigenvalue weighted by atomic mass is 15.0. The smallest absolute Gasteiger partial charge is 0.143 e. The number of aromatic nitrogens is 3. The maximum absolute atomic E-state index is 4.79. The van der Waals surface area contributed by atoms with E-state index in [-0.39, 0.29) is 0 Å². The fraction of sp³-hybridized carbons (Fsp3) is 0.600. The van der Waals surface area contributed by atoms with Gasteiger partial charge in [-0.05, 0) is 32.4 Å². The maximum Gasteiger partial charge on any atom is 0.143 e. The highest BCUT2D eigenvalue weighted by molar-refractivity contribution is 5.83. The molecular formula is C15H22N4. The molecule has 1 saturated carbocycles. The maximum atomic E-state index is 4.79. The van der Waals surface area contributed by atoms with Crippen molar-refractivity contribution in [1.82, 2.24) is 19.9 Å². The van der Waals surface area contributed by atoms with Crippen LogP contribution in [0, 0.1) is 6.92 Å². The third-order valence-electron chi connectivity index (χ3n) is 4.14. The van der Waals surface area contributed by atoms with Crippen molar-refractivity contribution in [2.45, 2.75) is 45.1 Å². The van der Waals surface area contributed by atoms with Crippen LogP contribution in [0.1, 0.15) is 48.7 Å². The van der Waals surface area contributed by atoms with Gasteiger partial charge in [-0.1, -0.05) is 12.8 Å². The van der Waals surface area contributed by atoms with Gasteiger partial charge in [-0.15, -0.1) is 0 Å². The van der Waals surface area contributed by atoms with Crippen molar-refractivity contribution >= 4 is 11.0 Å². The Labute approximate surface area is 114 Å². The fourth-order valence-electron chi connectivity index (χ4n) is 3.32. The molecule has 0 saturated heterocycles. The molecule has 1 N–H and O–H groups in total. The monoisotopic (exact) mass is 258 g/mol. The Hall–Kier alpha value is -1.42. The Morgan fingerprint density at radius 1 is 1.32 bits per heavy atom. The van der Waals surface area contributed by atoms with E-state index in [9.17, 15) is 0 Å². The number of nitrogens with zero attached hydrogens (tertiary/aromatic N) is 3. The molecule has 1 aliphatic carbocycles.